The van der Waals surface area contributed by atoms with E-state index in [1.807, 2.05) is 24.3 Å². The number of nitrogens with two attached hydrogens (primary N) is 1. The molecule has 0 radical (unpaired) electrons. The smallest absolute Gasteiger partial charge is 0.224 e. The highest BCUT2D eigenvalue weighted by atomic mass is 16.1. The van der Waals surface area contributed by atoms with Gasteiger partial charge in [0.05, 0.1) is 0 Å². The van der Waals surface area contributed by atoms with Crippen LogP contribution in [0.4, 0.5) is 5.69 Å². The highest BCUT2D eigenvalue weighted by Crippen LogP contribution is 2.04. The number of amides is 1. The standard InChI is InChI=1S/C11H14N2O/c1-2-3-11(14)13-8-9-4-6-10(12)7-5-9/h2,4-7H,1,3,8,12H2,(H,13,14). The van der Waals surface area contributed by atoms with E-state index >= 15 is 0 Å². The zero-order valence-corrected chi connectivity index (χ0v) is 7.99. The van der Waals surface area contributed by atoms with E-state index in [4.69, 9.17) is 5.73 Å². The molecule has 0 heterocycles. The van der Waals surface area contributed by atoms with Crippen molar-refractivity contribution < 1.29 is 4.79 Å². The third-order valence-corrected chi connectivity index (χ3v) is 1.80. The number of nitrogen functional groups attached to an aromatic ring is 1. The summed E-state index contributed by atoms with van der Waals surface area (Å²) in [6.45, 7) is 4.02. The van der Waals surface area contributed by atoms with E-state index in [1.54, 1.807) is 6.08 Å². The minimum atomic E-state index is -0.0168. The van der Waals surface area contributed by atoms with E-state index in [9.17, 15) is 4.79 Å². The summed E-state index contributed by atoms with van der Waals surface area (Å²) in [6, 6.07) is 7.41. The highest BCUT2D eigenvalue weighted by molar-refractivity contribution is 5.77. The van der Waals surface area contributed by atoms with Gasteiger partial charge in [-0.1, -0.05) is 18.2 Å². The number of carbonyl (C=O) groups is 1. The Balaban J connectivity index is 2.41. The summed E-state index contributed by atoms with van der Waals surface area (Å²) in [6.07, 6.45) is 1.94. The van der Waals surface area contributed by atoms with Crippen LogP contribution in [-0.4, -0.2) is 5.91 Å². The maximum atomic E-state index is 11.1. The molecule has 0 aliphatic heterocycles. The van der Waals surface area contributed by atoms with Crippen molar-refractivity contribution in [2.75, 3.05) is 5.73 Å². The Hall–Kier alpha value is -1.77. The number of anilines is 1. The van der Waals surface area contributed by atoms with Crippen LogP contribution in [0.5, 0.6) is 0 Å². The van der Waals surface area contributed by atoms with E-state index in [-0.39, 0.29) is 5.91 Å². The van der Waals surface area contributed by atoms with Crippen LogP contribution in [0.25, 0.3) is 0 Å². The number of carbonyl (C=O) groups excluding carboxylic acids is 1. The normalized spacial score (nSPS) is 9.43. The maximum absolute atomic E-state index is 11.1. The minimum absolute atomic E-state index is 0.0168. The summed E-state index contributed by atoms with van der Waals surface area (Å²) in [7, 11) is 0. The predicted molar refractivity (Wildman–Crippen MR) is 57.5 cm³/mol. The van der Waals surface area contributed by atoms with Crippen LogP contribution in [-0.2, 0) is 11.3 Å². The molecule has 1 aromatic rings. The van der Waals surface area contributed by atoms with Gasteiger partial charge < -0.3 is 11.1 Å². The van der Waals surface area contributed by atoms with Crippen molar-refractivity contribution in [1.82, 2.24) is 5.32 Å². The fourth-order valence-corrected chi connectivity index (χ4v) is 1.04. The Morgan fingerprint density at radius 3 is 2.64 bits per heavy atom. The molecule has 0 aliphatic carbocycles. The molecule has 0 aromatic heterocycles. The van der Waals surface area contributed by atoms with Crippen LogP contribution in [0.3, 0.4) is 0 Å². The molecule has 3 N–H and O–H groups in total. The van der Waals surface area contributed by atoms with Gasteiger partial charge in [0.25, 0.3) is 0 Å². The molecule has 0 fully saturated rings. The molecule has 0 saturated heterocycles. The fraction of sp³-hybridized carbons (Fsp3) is 0.182. The summed E-state index contributed by atoms with van der Waals surface area (Å²) >= 11 is 0. The van der Waals surface area contributed by atoms with Gasteiger partial charge in [0, 0.05) is 18.7 Å². The van der Waals surface area contributed by atoms with E-state index in [0.29, 0.717) is 13.0 Å². The third kappa shape index (κ3) is 3.31. The average Bonchev–Trinajstić information content (AvgIpc) is 2.17. The molecule has 1 amide bonds. The second-order valence-corrected chi connectivity index (χ2v) is 3.01. The molecular formula is C11H14N2O. The van der Waals surface area contributed by atoms with E-state index in [2.05, 4.69) is 11.9 Å². The van der Waals surface area contributed by atoms with Gasteiger partial charge in [0.15, 0.2) is 0 Å². The molecule has 0 aliphatic rings. The summed E-state index contributed by atoms with van der Waals surface area (Å²) in [4.78, 5) is 11.1. The fourth-order valence-electron chi connectivity index (χ4n) is 1.04. The molecule has 3 heteroatoms. The van der Waals surface area contributed by atoms with Gasteiger partial charge in [0.1, 0.15) is 0 Å². The first-order chi connectivity index (χ1) is 6.72. The number of hydrogen-bond acceptors (Lipinski definition) is 2. The Morgan fingerprint density at radius 1 is 1.43 bits per heavy atom. The first kappa shape index (κ1) is 10.3. The monoisotopic (exact) mass is 190 g/mol. The Kier molecular flexibility index (Phi) is 3.73. The number of benzene rings is 1. The average molecular weight is 190 g/mol. The van der Waals surface area contributed by atoms with Crippen LogP contribution >= 0.6 is 0 Å². The third-order valence-electron chi connectivity index (χ3n) is 1.80. The Morgan fingerprint density at radius 2 is 2.07 bits per heavy atom. The topological polar surface area (TPSA) is 55.1 Å². The van der Waals surface area contributed by atoms with Crippen molar-refractivity contribution in [2.45, 2.75) is 13.0 Å². The van der Waals surface area contributed by atoms with Crippen molar-refractivity contribution >= 4 is 11.6 Å². The Labute approximate surface area is 83.6 Å². The maximum Gasteiger partial charge on any atom is 0.224 e. The van der Waals surface area contributed by atoms with Gasteiger partial charge in [0.2, 0.25) is 5.91 Å². The van der Waals surface area contributed by atoms with Gasteiger partial charge in [-0.15, -0.1) is 6.58 Å². The summed E-state index contributed by atoms with van der Waals surface area (Å²) in [5.41, 5.74) is 7.30. The lowest BCUT2D eigenvalue weighted by Gasteiger charge is -2.03. The van der Waals surface area contributed by atoms with Gasteiger partial charge >= 0.3 is 0 Å². The van der Waals surface area contributed by atoms with Crippen molar-refractivity contribution in [2.24, 2.45) is 0 Å². The number of hydrogen-bond donors (Lipinski definition) is 2. The molecule has 3 nitrogen and oxygen atoms in total. The van der Waals surface area contributed by atoms with E-state index in [0.717, 1.165) is 11.3 Å². The molecule has 14 heavy (non-hydrogen) atoms. The van der Waals surface area contributed by atoms with Crippen molar-refractivity contribution in [1.29, 1.82) is 0 Å². The van der Waals surface area contributed by atoms with Crippen molar-refractivity contribution in [3.8, 4) is 0 Å². The molecule has 0 atom stereocenters. The quantitative estimate of drug-likeness (QED) is 0.558. The zero-order chi connectivity index (χ0) is 10.4. The first-order valence-corrected chi connectivity index (χ1v) is 4.44. The molecular weight excluding hydrogens is 176 g/mol. The van der Waals surface area contributed by atoms with Crippen LogP contribution < -0.4 is 11.1 Å². The largest absolute Gasteiger partial charge is 0.399 e. The molecule has 0 bridgehead atoms. The summed E-state index contributed by atoms with van der Waals surface area (Å²) < 4.78 is 0. The molecule has 74 valence electrons. The lowest BCUT2D eigenvalue weighted by Crippen LogP contribution is -2.21. The van der Waals surface area contributed by atoms with E-state index < -0.39 is 0 Å². The van der Waals surface area contributed by atoms with Crippen molar-refractivity contribution in [3.63, 3.8) is 0 Å². The SMILES string of the molecule is C=CCC(=O)NCc1ccc(N)cc1. The van der Waals surface area contributed by atoms with Crippen LogP contribution in [0.2, 0.25) is 0 Å². The van der Waals surface area contributed by atoms with Crippen molar-refractivity contribution in [3.05, 3.63) is 42.5 Å². The number of rotatable bonds is 4. The van der Waals surface area contributed by atoms with E-state index in [1.165, 1.54) is 0 Å². The molecule has 1 rings (SSSR count). The zero-order valence-electron chi connectivity index (χ0n) is 7.99. The van der Waals surface area contributed by atoms with Gasteiger partial charge in [-0.2, -0.15) is 0 Å². The lowest BCUT2D eigenvalue weighted by molar-refractivity contribution is -0.120. The molecule has 0 saturated carbocycles. The first-order valence-electron chi connectivity index (χ1n) is 4.44. The number of nitrogens with one attached hydrogen (secondary N) is 1. The Bertz CT molecular complexity index is 317. The summed E-state index contributed by atoms with van der Waals surface area (Å²) in [5, 5.41) is 2.77. The highest BCUT2D eigenvalue weighted by Gasteiger charge is 1.97. The van der Waals surface area contributed by atoms with Gasteiger partial charge in [-0.25, -0.2) is 0 Å². The second kappa shape index (κ2) is 5.07. The predicted octanol–water partition coefficient (Wildman–Crippen LogP) is 1.46. The van der Waals surface area contributed by atoms with Crippen LogP contribution in [0, 0.1) is 0 Å². The van der Waals surface area contributed by atoms with Crippen LogP contribution in [0.1, 0.15) is 12.0 Å². The van der Waals surface area contributed by atoms with Crippen LogP contribution in [0.15, 0.2) is 36.9 Å². The second-order valence-electron chi connectivity index (χ2n) is 3.01. The molecule has 1 aromatic carbocycles. The van der Waals surface area contributed by atoms with Gasteiger partial charge in [-0.3, -0.25) is 4.79 Å². The minimum Gasteiger partial charge on any atom is -0.399 e. The molecule has 0 spiro atoms. The lowest BCUT2D eigenvalue weighted by atomic mass is 10.2. The summed E-state index contributed by atoms with van der Waals surface area (Å²) in [5.74, 6) is -0.0168. The molecule has 0 unspecified atom stereocenters. The van der Waals surface area contributed by atoms with Gasteiger partial charge in [-0.05, 0) is 17.7 Å².